The quantitative estimate of drug-likeness (QED) is 0.561. The van der Waals surface area contributed by atoms with Gasteiger partial charge in [-0.1, -0.05) is 13.8 Å². The Balaban J connectivity index is 0.00000141. The van der Waals surface area contributed by atoms with Crippen LogP contribution in [0.2, 0.25) is 0 Å². The molecule has 5 rings (SSSR count). The summed E-state index contributed by atoms with van der Waals surface area (Å²) in [7, 11) is 0. The van der Waals surface area contributed by atoms with Gasteiger partial charge in [0.05, 0.1) is 24.1 Å². The van der Waals surface area contributed by atoms with Crippen LogP contribution in [0.25, 0.3) is 5.69 Å². The Hall–Kier alpha value is -3.37. The highest BCUT2D eigenvalue weighted by molar-refractivity contribution is 5.93. The molecule has 2 unspecified atom stereocenters. The lowest BCUT2D eigenvalue weighted by Crippen LogP contribution is -2.49. The first kappa shape index (κ1) is 24.7. The summed E-state index contributed by atoms with van der Waals surface area (Å²) in [6.45, 7) is 8.29. The smallest absolute Gasteiger partial charge is 0.328 e. The summed E-state index contributed by atoms with van der Waals surface area (Å²) >= 11 is 0. The van der Waals surface area contributed by atoms with E-state index >= 15 is 0 Å². The highest BCUT2D eigenvalue weighted by Gasteiger charge is 2.42. The van der Waals surface area contributed by atoms with Crippen molar-refractivity contribution in [2.24, 2.45) is 5.92 Å². The van der Waals surface area contributed by atoms with Gasteiger partial charge in [-0.25, -0.2) is 4.98 Å². The number of carbonyl (C=O) groups is 1. The number of aryl methyl sites for hydroxylation is 2. The normalized spacial score (nSPS) is 19.6. The van der Waals surface area contributed by atoms with Crippen LogP contribution in [0.15, 0.2) is 35.6 Å². The fourth-order valence-corrected chi connectivity index (χ4v) is 4.71. The molecule has 5 heterocycles. The number of hydrogen-bond donors (Lipinski definition) is 0. The van der Waals surface area contributed by atoms with Crippen LogP contribution in [0.4, 0.5) is 13.2 Å². The van der Waals surface area contributed by atoms with Crippen LogP contribution in [-0.2, 0) is 26.1 Å². The molecule has 2 aliphatic heterocycles. The van der Waals surface area contributed by atoms with Gasteiger partial charge in [0.1, 0.15) is 11.4 Å². The van der Waals surface area contributed by atoms with Gasteiger partial charge in [0.25, 0.3) is 11.5 Å². The summed E-state index contributed by atoms with van der Waals surface area (Å²) in [5.41, 5.74) is 2.28. The van der Waals surface area contributed by atoms with Crippen molar-refractivity contribution in [3.05, 3.63) is 63.9 Å². The van der Waals surface area contributed by atoms with E-state index in [1.165, 1.54) is 4.57 Å². The number of alkyl halides is 3. The molecular weight excluding hydrogens is 461 g/mol. The van der Waals surface area contributed by atoms with Gasteiger partial charge < -0.3 is 14.0 Å². The van der Waals surface area contributed by atoms with Crippen molar-refractivity contribution in [3.63, 3.8) is 0 Å². The monoisotopic (exact) mass is 490 g/mol. The lowest BCUT2D eigenvalue weighted by molar-refractivity contribution is -0.179. The molecule has 0 N–H and O–H groups in total. The van der Waals surface area contributed by atoms with Crippen LogP contribution < -0.4 is 5.56 Å². The summed E-state index contributed by atoms with van der Waals surface area (Å²) in [6, 6.07) is 2.89. The summed E-state index contributed by atoms with van der Waals surface area (Å²) in [6.07, 6.45) is 0.454. The third-order valence-electron chi connectivity index (χ3n) is 6.57. The first-order valence-corrected chi connectivity index (χ1v) is 11.8. The van der Waals surface area contributed by atoms with E-state index in [1.807, 2.05) is 27.7 Å². The van der Waals surface area contributed by atoms with Gasteiger partial charge in [-0.3, -0.25) is 14.3 Å². The highest BCUT2D eigenvalue weighted by atomic mass is 19.4. The predicted octanol–water partition coefficient (Wildman–Crippen LogP) is 3.73. The topological polar surface area (TPSA) is 78.0 Å². The molecule has 0 spiro atoms. The van der Waals surface area contributed by atoms with Gasteiger partial charge >= 0.3 is 6.18 Å². The average Bonchev–Trinajstić information content (AvgIpc) is 3.44. The van der Waals surface area contributed by atoms with E-state index in [0.717, 1.165) is 5.69 Å². The molecule has 0 fully saturated rings. The number of pyridine rings is 1. The second-order valence-electron chi connectivity index (χ2n) is 8.79. The van der Waals surface area contributed by atoms with E-state index < -0.39 is 12.1 Å². The van der Waals surface area contributed by atoms with Gasteiger partial charge in [0.15, 0.2) is 0 Å². The molecule has 2 atom stereocenters. The Morgan fingerprint density at radius 3 is 2.57 bits per heavy atom. The number of imidazole rings is 1. The zero-order valence-electron chi connectivity index (χ0n) is 20.2. The molecule has 188 valence electrons. The number of amides is 1. The van der Waals surface area contributed by atoms with Crippen LogP contribution in [0.1, 0.15) is 54.6 Å². The van der Waals surface area contributed by atoms with Gasteiger partial charge in [-0.15, -0.1) is 0 Å². The Morgan fingerprint density at radius 2 is 1.91 bits per heavy atom. The SMILES string of the molecule is CC.Cc1cn(-c2ccc3n(c2=O)CC(C)N(Cc2cnn4c2CC(C(F)(F)F)CC4)C3=O)cn1. The van der Waals surface area contributed by atoms with E-state index in [1.54, 1.807) is 45.0 Å². The van der Waals surface area contributed by atoms with Crippen LogP contribution in [0, 0.1) is 12.8 Å². The molecule has 2 aliphatic rings. The maximum absolute atomic E-state index is 13.3. The van der Waals surface area contributed by atoms with Crippen molar-refractivity contribution >= 4 is 5.91 Å². The number of nitrogens with zero attached hydrogens (tertiary/aromatic N) is 6. The molecule has 3 aromatic rings. The molecule has 0 aromatic carbocycles. The second kappa shape index (κ2) is 9.35. The van der Waals surface area contributed by atoms with Crippen molar-refractivity contribution < 1.29 is 18.0 Å². The molecule has 0 bridgehead atoms. The minimum atomic E-state index is -4.26. The van der Waals surface area contributed by atoms with Crippen molar-refractivity contribution in [3.8, 4) is 5.69 Å². The van der Waals surface area contributed by atoms with Crippen molar-refractivity contribution in [2.75, 3.05) is 0 Å². The maximum atomic E-state index is 13.3. The Labute approximate surface area is 201 Å². The minimum absolute atomic E-state index is 0.00569. The van der Waals surface area contributed by atoms with Crippen molar-refractivity contribution in [2.45, 2.75) is 72.4 Å². The summed E-state index contributed by atoms with van der Waals surface area (Å²) < 4.78 is 44.5. The summed E-state index contributed by atoms with van der Waals surface area (Å²) in [5, 5.41) is 4.24. The second-order valence-corrected chi connectivity index (χ2v) is 8.79. The van der Waals surface area contributed by atoms with Gasteiger partial charge in [-0.05, 0) is 32.4 Å². The molecule has 11 heteroatoms. The van der Waals surface area contributed by atoms with Crippen molar-refractivity contribution in [1.82, 2.24) is 28.8 Å². The first-order valence-electron chi connectivity index (χ1n) is 11.8. The third-order valence-corrected chi connectivity index (χ3v) is 6.57. The lowest BCUT2D eigenvalue weighted by atomic mass is 9.93. The van der Waals surface area contributed by atoms with E-state index in [0.29, 0.717) is 16.9 Å². The summed E-state index contributed by atoms with van der Waals surface area (Å²) in [4.78, 5) is 32.1. The number of halogens is 3. The molecule has 0 radical (unpaired) electrons. The van der Waals surface area contributed by atoms with Gasteiger partial charge in [0, 0.05) is 49.6 Å². The zero-order valence-corrected chi connectivity index (χ0v) is 20.2. The Bertz CT molecular complexity index is 1290. The molecular formula is C24H29F3N6O2. The van der Waals surface area contributed by atoms with Crippen LogP contribution in [0.5, 0.6) is 0 Å². The molecule has 0 saturated heterocycles. The Kier molecular flexibility index (Phi) is 6.61. The molecule has 1 amide bonds. The van der Waals surface area contributed by atoms with E-state index in [4.69, 9.17) is 0 Å². The summed E-state index contributed by atoms with van der Waals surface area (Å²) in [5.74, 6) is -1.73. The third kappa shape index (κ3) is 4.51. The fraction of sp³-hybridized carbons (Fsp3) is 0.500. The number of hydrogen-bond acceptors (Lipinski definition) is 4. The number of fused-ring (bicyclic) bond motifs is 2. The molecule has 35 heavy (non-hydrogen) atoms. The van der Waals surface area contributed by atoms with Gasteiger partial charge in [0.2, 0.25) is 0 Å². The standard InChI is InChI=1S/C22H23F3N6O2.C2H6/c1-13-9-28(12-26-13)17-3-4-18-21(33)29(14(2)10-30(18)20(17)32)11-15-8-27-31-6-5-16(7-19(15)31)22(23,24)25;1-2/h3-4,8-9,12,14,16H,5-7,10-11H2,1-2H3;1-2H3. The molecule has 0 saturated carbocycles. The molecule has 0 aliphatic carbocycles. The van der Waals surface area contributed by atoms with E-state index in [-0.39, 0.29) is 55.7 Å². The number of carbonyl (C=O) groups excluding carboxylic acids is 1. The maximum Gasteiger partial charge on any atom is 0.392 e. The van der Waals surface area contributed by atoms with Crippen LogP contribution >= 0.6 is 0 Å². The largest absolute Gasteiger partial charge is 0.392 e. The molecule has 3 aromatic heterocycles. The first-order chi connectivity index (χ1) is 16.6. The van der Waals surface area contributed by atoms with Gasteiger partial charge in [-0.2, -0.15) is 18.3 Å². The minimum Gasteiger partial charge on any atom is -0.328 e. The predicted molar refractivity (Wildman–Crippen MR) is 123 cm³/mol. The number of aromatic nitrogens is 5. The zero-order chi connectivity index (χ0) is 25.5. The number of rotatable bonds is 3. The molecule has 8 nitrogen and oxygen atoms in total. The van der Waals surface area contributed by atoms with Crippen molar-refractivity contribution in [1.29, 1.82) is 0 Å². The van der Waals surface area contributed by atoms with Crippen LogP contribution in [-0.4, -0.2) is 46.9 Å². The van der Waals surface area contributed by atoms with Crippen LogP contribution in [0.3, 0.4) is 0 Å². The lowest BCUT2D eigenvalue weighted by Gasteiger charge is -2.36. The van der Waals surface area contributed by atoms with E-state index in [9.17, 15) is 22.8 Å². The Morgan fingerprint density at radius 1 is 1.17 bits per heavy atom. The fourth-order valence-electron chi connectivity index (χ4n) is 4.71. The highest BCUT2D eigenvalue weighted by Crippen LogP contribution is 2.36. The average molecular weight is 491 g/mol. The van der Waals surface area contributed by atoms with E-state index in [2.05, 4.69) is 10.1 Å².